The second-order valence-corrected chi connectivity index (χ2v) is 4.57. The van der Waals surface area contributed by atoms with Crippen molar-refractivity contribution < 1.29 is 9.53 Å². The molecule has 1 aromatic rings. The van der Waals surface area contributed by atoms with Gasteiger partial charge in [-0.25, -0.2) is 0 Å². The van der Waals surface area contributed by atoms with E-state index >= 15 is 0 Å². The fourth-order valence-electron chi connectivity index (χ4n) is 1.12. The molecule has 3 nitrogen and oxygen atoms in total. The molecule has 1 rings (SSSR count). The maximum atomic E-state index is 11.8. The van der Waals surface area contributed by atoms with Crippen LogP contribution in [0.25, 0.3) is 0 Å². The minimum absolute atomic E-state index is 0.0670. The molecule has 4 heteroatoms. The van der Waals surface area contributed by atoms with Gasteiger partial charge in [-0.3, -0.25) is 4.79 Å². The molecule has 0 fully saturated rings. The van der Waals surface area contributed by atoms with Gasteiger partial charge in [-0.1, -0.05) is 6.07 Å². The Balaban J connectivity index is 2.34. The highest BCUT2D eigenvalue weighted by atomic mass is 32.1. The lowest BCUT2D eigenvalue weighted by Gasteiger charge is -2.17. The number of carbonyl (C=O) groups excluding carboxylic acids is 1. The highest BCUT2D eigenvalue weighted by Gasteiger charge is 2.11. The van der Waals surface area contributed by atoms with Gasteiger partial charge in [0.25, 0.3) is 5.91 Å². The molecular formula is C11H17NO2S. The van der Waals surface area contributed by atoms with Crippen molar-refractivity contribution in [2.45, 2.75) is 20.0 Å². The smallest absolute Gasteiger partial charge is 0.263 e. The van der Waals surface area contributed by atoms with Crippen LogP contribution >= 0.6 is 11.3 Å². The Morgan fingerprint density at radius 3 is 2.87 bits per heavy atom. The normalized spacial score (nSPS) is 10.7. The average Bonchev–Trinajstić information content (AvgIpc) is 2.68. The van der Waals surface area contributed by atoms with Gasteiger partial charge >= 0.3 is 0 Å². The molecule has 0 aromatic carbocycles. The van der Waals surface area contributed by atoms with E-state index in [0.717, 1.165) is 4.88 Å². The zero-order chi connectivity index (χ0) is 11.3. The average molecular weight is 227 g/mol. The minimum Gasteiger partial charge on any atom is -0.377 e. The van der Waals surface area contributed by atoms with E-state index in [2.05, 4.69) is 0 Å². The van der Waals surface area contributed by atoms with Crippen LogP contribution in [-0.4, -0.2) is 37.1 Å². The Hall–Kier alpha value is -0.870. The monoisotopic (exact) mass is 227 g/mol. The van der Waals surface area contributed by atoms with Crippen LogP contribution in [0, 0.1) is 0 Å². The standard InChI is InChI=1S/C11H17NO2S/c1-9(2)14-7-6-12(3)11(13)10-5-4-8-15-10/h4-5,8-9H,6-7H2,1-3H3. The van der Waals surface area contributed by atoms with Crippen molar-refractivity contribution in [3.63, 3.8) is 0 Å². The molecule has 1 heterocycles. The summed E-state index contributed by atoms with van der Waals surface area (Å²) in [6.07, 6.45) is 0.218. The van der Waals surface area contributed by atoms with Crippen LogP contribution in [-0.2, 0) is 4.74 Å². The summed E-state index contributed by atoms with van der Waals surface area (Å²) < 4.78 is 5.39. The lowest BCUT2D eigenvalue weighted by molar-refractivity contribution is 0.0534. The van der Waals surface area contributed by atoms with Crippen molar-refractivity contribution in [1.82, 2.24) is 4.90 Å². The summed E-state index contributed by atoms with van der Waals surface area (Å²) in [6.45, 7) is 5.20. The maximum absolute atomic E-state index is 11.8. The fourth-order valence-corrected chi connectivity index (χ4v) is 1.83. The molecule has 15 heavy (non-hydrogen) atoms. The maximum Gasteiger partial charge on any atom is 0.263 e. The third-order valence-corrected chi connectivity index (χ3v) is 2.81. The van der Waals surface area contributed by atoms with Crippen molar-refractivity contribution in [2.75, 3.05) is 20.2 Å². The Morgan fingerprint density at radius 2 is 2.33 bits per heavy atom. The predicted octanol–water partition coefficient (Wildman–Crippen LogP) is 2.25. The van der Waals surface area contributed by atoms with Gasteiger partial charge in [0.1, 0.15) is 0 Å². The predicted molar refractivity (Wildman–Crippen MR) is 62.4 cm³/mol. The van der Waals surface area contributed by atoms with Crippen molar-refractivity contribution in [2.24, 2.45) is 0 Å². The zero-order valence-corrected chi connectivity index (χ0v) is 10.2. The molecular weight excluding hydrogens is 210 g/mol. The molecule has 1 amide bonds. The Kier molecular flexibility index (Phi) is 4.78. The van der Waals surface area contributed by atoms with Gasteiger partial charge in [0.05, 0.1) is 17.6 Å². The molecule has 0 aliphatic rings. The van der Waals surface area contributed by atoms with Crippen LogP contribution in [0.4, 0.5) is 0 Å². The molecule has 0 N–H and O–H groups in total. The molecule has 0 aliphatic heterocycles. The number of nitrogens with zero attached hydrogens (tertiary/aromatic N) is 1. The van der Waals surface area contributed by atoms with Gasteiger partial charge in [0, 0.05) is 13.6 Å². The number of ether oxygens (including phenoxy) is 1. The van der Waals surface area contributed by atoms with Crippen molar-refractivity contribution in [1.29, 1.82) is 0 Å². The highest BCUT2D eigenvalue weighted by molar-refractivity contribution is 7.12. The van der Waals surface area contributed by atoms with Crippen LogP contribution in [0.1, 0.15) is 23.5 Å². The summed E-state index contributed by atoms with van der Waals surface area (Å²) in [6, 6.07) is 3.73. The first kappa shape index (κ1) is 12.2. The van der Waals surface area contributed by atoms with Gasteiger partial charge in [-0.15, -0.1) is 11.3 Å². The van der Waals surface area contributed by atoms with E-state index in [0.29, 0.717) is 13.2 Å². The van der Waals surface area contributed by atoms with Crippen LogP contribution in [0.3, 0.4) is 0 Å². The van der Waals surface area contributed by atoms with Crippen LogP contribution in [0.15, 0.2) is 17.5 Å². The summed E-state index contributed by atoms with van der Waals surface area (Å²) in [5, 5.41) is 1.91. The lowest BCUT2D eigenvalue weighted by atomic mass is 10.4. The number of likely N-dealkylation sites (N-methyl/N-ethyl adjacent to an activating group) is 1. The van der Waals surface area contributed by atoms with Gasteiger partial charge < -0.3 is 9.64 Å². The molecule has 0 unspecified atom stereocenters. The van der Waals surface area contributed by atoms with Gasteiger partial charge in [0.15, 0.2) is 0 Å². The summed E-state index contributed by atoms with van der Waals surface area (Å²) in [5.41, 5.74) is 0. The number of rotatable bonds is 5. The van der Waals surface area contributed by atoms with Crippen LogP contribution in [0.5, 0.6) is 0 Å². The Morgan fingerprint density at radius 1 is 1.60 bits per heavy atom. The lowest BCUT2D eigenvalue weighted by Crippen LogP contribution is -2.30. The van der Waals surface area contributed by atoms with Crippen LogP contribution in [0.2, 0.25) is 0 Å². The SMILES string of the molecule is CC(C)OCCN(C)C(=O)c1cccs1. The molecule has 0 saturated carbocycles. The van der Waals surface area contributed by atoms with Gasteiger partial charge in [0.2, 0.25) is 0 Å². The molecule has 0 aliphatic carbocycles. The molecule has 0 radical (unpaired) electrons. The van der Waals surface area contributed by atoms with Crippen LogP contribution < -0.4 is 0 Å². The number of hydrogen-bond acceptors (Lipinski definition) is 3. The van der Waals surface area contributed by atoms with E-state index in [4.69, 9.17) is 4.74 Å². The fraction of sp³-hybridized carbons (Fsp3) is 0.545. The number of carbonyl (C=O) groups is 1. The first-order chi connectivity index (χ1) is 7.11. The second-order valence-electron chi connectivity index (χ2n) is 3.62. The third kappa shape index (κ3) is 4.01. The van der Waals surface area contributed by atoms with E-state index in [1.165, 1.54) is 11.3 Å². The van der Waals surface area contributed by atoms with E-state index in [9.17, 15) is 4.79 Å². The van der Waals surface area contributed by atoms with Crippen molar-refractivity contribution >= 4 is 17.2 Å². The zero-order valence-electron chi connectivity index (χ0n) is 9.40. The third-order valence-electron chi connectivity index (χ3n) is 1.96. The van der Waals surface area contributed by atoms with E-state index in [-0.39, 0.29) is 12.0 Å². The number of thiophene rings is 1. The van der Waals surface area contributed by atoms with Gasteiger partial charge in [-0.05, 0) is 25.3 Å². The molecule has 0 atom stereocenters. The molecule has 1 aromatic heterocycles. The highest BCUT2D eigenvalue weighted by Crippen LogP contribution is 2.10. The van der Waals surface area contributed by atoms with Crippen molar-refractivity contribution in [3.8, 4) is 0 Å². The summed E-state index contributed by atoms with van der Waals surface area (Å²) in [5.74, 6) is 0.0670. The Labute approximate surface area is 94.7 Å². The first-order valence-corrected chi connectivity index (χ1v) is 5.90. The van der Waals surface area contributed by atoms with E-state index in [1.807, 2.05) is 31.4 Å². The minimum atomic E-state index is 0.0670. The number of amides is 1. The number of hydrogen-bond donors (Lipinski definition) is 0. The summed E-state index contributed by atoms with van der Waals surface area (Å²) >= 11 is 1.47. The molecule has 0 bridgehead atoms. The topological polar surface area (TPSA) is 29.5 Å². The largest absolute Gasteiger partial charge is 0.377 e. The van der Waals surface area contributed by atoms with Crippen molar-refractivity contribution in [3.05, 3.63) is 22.4 Å². The van der Waals surface area contributed by atoms with Gasteiger partial charge in [-0.2, -0.15) is 0 Å². The quantitative estimate of drug-likeness (QED) is 0.772. The summed E-state index contributed by atoms with van der Waals surface area (Å²) in [7, 11) is 1.80. The Bertz CT molecular complexity index is 296. The van der Waals surface area contributed by atoms with E-state index in [1.54, 1.807) is 11.9 Å². The first-order valence-electron chi connectivity index (χ1n) is 5.02. The molecule has 0 spiro atoms. The summed E-state index contributed by atoms with van der Waals surface area (Å²) in [4.78, 5) is 14.2. The molecule has 0 saturated heterocycles. The molecule has 84 valence electrons. The second kappa shape index (κ2) is 5.88. The van der Waals surface area contributed by atoms with E-state index < -0.39 is 0 Å².